The van der Waals surface area contributed by atoms with Gasteiger partial charge in [0.05, 0.1) is 44.2 Å². The van der Waals surface area contributed by atoms with E-state index in [-0.39, 0.29) is 24.3 Å². The molecule has 14 atom stereocenters. The molecular formula is C48H72N10O20. The van der Waals surface area contributed by atoms with Crippen LogP contribution in [0, 0.1) is 5.92 Å². The first kappa shape index (κ1) is 66.5. The lowest BCUT2D eigenvalue weighted by Gasteiger charge is -2.30. The van der Waals surface area contributed by atoms with Crippen molar-refractivity contribution in [2.24, 2.45) is 11.7 Å². The number of nitrogens with one attached hydrogen (secondary N) is 9. The van der Waals surface area contributed by atoms with Crippen LogP contribution in [-0.2, 0) is 60.8 Å². The van der Waals surface area contributed by atoms with Crippen LogP contribution in [0.3, 0.4) is 0 Å². The number of phenolic OH excluding ortho intramolecular Hbond substituents is 2. The van der Waals surface area contributed by atoms with E-state index in [0.29, 0.717) is 11.1 Å². The molecule has 434 valence electrons. The molecule has 0 aliphatic rings. The van der Waals surface area contributed by atoms with Crippen LogP contribution < -0.4 is 53.6 Å². The van der Waals surface area contributed by atoms with Crippen molar-refractivity contribution in [2.75, 3.05) is 19.8 Å². The summed E-state index contributed by atoms with van der Waals surface area (Å²) >= 11 is 0. The molecule has 9 amide bonds. The van der Waals surface area contributed by atoms with Crippen LogP contribution in [0.2, 0.25) is 0 Å². The van der Waals surface area contributed by atoms with E-state index in [2.05, 4.69) is 47.9 Å². The minimum absolute atomic E-state index is 0.130. The maximum absolute atomic E-state index is 13.8. The molecule has 30 nitrogen and oxygen atoms in total. The number of phenols is 2. The molecular weight excluding hydrogens is 1040 g/mol. The van der Waals surface area contributed by atoms with Crippen molar-refractivity contribution in [1.82, 2.24) is 47.9 Å². The van der Waals surface area contributed by atoms with Gasteiger partial charge in [-0.05, 0) is 69.0 Å². The van der Waals surface area contributed by atoms with Gasteiger partial charge in [0.2, 0.25) is 53.2 Å². The van der Waals surface area contributed by atoms with Crippen LogP contribution in [-0.4, -0.2) is 215 Å². The molecule has 21 N–H and O–H groups in total. The highest BCUT2D eigenvalue weighted by atomic mass is 16.4. The zero-order chi connectivity index (χ0) is 59.3. The second-order valence-electron chi connectivity index (χ2n) is 18.6. The minimum atomic E-state index is -2.04. The number of rotatable bonds is 31. The Balaban J connectivity index is 2.31. The SMILES string of the molecule is CC(C)[C@H](NC(=O)[C@H](Cc1ccc(O)cc1)NC(=O)[C@@H](NC(=O)[C@H](CO)NC(=O)[C@@H](NC(=O)[C@@H](NC(=O)[C@@H](NC(=O)[C@H](Cc1ccc(O)cc1)NC(=O)[C@H](CO)NC(=O)[C@@H](N)CO)[C@@H](C)O)[C@@H](C)O)[C@@H](C)O)[C@@H](C)O)C(=O)O. The van der Waals surface area contributed by atoms with Gasteiger partial charge in [0.15, 0.2) is 0 Å². The van der Waals surface area contributed by atoms with E-state index in [1.165, 1.54) is 62.4 Å². The maximum atomic E-state index is 13.8. The number of nitrogens with two attached hydrogens (primary N) is 1. The van der Waals surface area contributed by atoms with E-state index >= 15 is 0 Å². The van der Waals surface area contributed by atoms with Gasteiger partial charge in [-0.1, -0.05) is 38.1 Å². The summed E-state index contributed by atoms with van der Waals surface area (Å²) in [6, 6.07) is -7.18. The molecule has 0 aliphatic carbocycles. The van der Waals surface area contributed by atoms with E-state index in [9.17, 15) is 99.0 Å². The summed E-state index contributed by atoms with van der Waals surface area (Å²) in [6.45, 7) is 4.10. The van der Waals surface area contributed by atoms with Gasteiger partial charge >= 0.3 is 5.97 Å². The number of aliphatic carboxylic acids is 1. The molecule has 0 bridgehead atoms. The van der Waals surface area contributed by atoms with Crippen LogP contribution >= 0.6 is 0 Å². The van der Waals surface area contributed by atoms with Crippen LogP contribution in [0.5, 0.6) is 11.5 Å². The number of carbonyl (C=O) groups excluding carboxylic acids is 9. The monoisotopic (exact) mass is 1110 g/mol. The van der Waals surface area contributed by atoms with Crippen molar-refractivity contribution in [3.63, 3.8) is 0 Å². The Hall–Kier alpha value is -7.58. The third-order valence-electron chi connectivity index (χ3n) is 11.7. The van der Waals surface area contributed by atoms with E-state index in [4.69, 9.17) is 5.73 Å². The highest BCUT2D eigenvalue weighted by Crippen LogP contribution is 2.15. The highest BCUT2D eigenvalue weighted by Gasteiger charge is 2.39. The molecule has 0 radical (unpaired) electrons. The molecule has 2 aromatic carbocycles. The minimum Gasteiger partial charge on any atom is -0.508 e. The zero-order valence-corrected chi connectivity index (χ0v) is 43.4. The van der Waals surface area contributed by atoms with Gasteiger partial charge in [-0.15, -0.1) is 0 Å². The first-order valence-corrected chi connectivity index (χ1v) is 24.3. The molecule has 78 heavy (non-hydrogen) atoms. The fourth-order valence-electron chi connectivity index (χ4n) is 7.08. The largest absolute Gasteiger partial charge is 0.508 e. The lowest BCUT2D eigenvalue weighted by Crippen LogP contribution is -2.65. The van der Waals surface area contributed by atoms with Crippen LogP contribution in [0.25, 0.3) is 0 Å². The summed E-state index contributed by atoms with van der Waals surface area (Å²) in [6.07, 6.45) is -7.84. The smallest absolute Gasteiger partial charge is 0.326 e. The van der Waals surface area contributed by atoms with Gasteiger partial charge in [0.1, 0.15) is 71.9 Å². The summed E-state index contributed by atoms with van der Waals surface area (Å²) in [5.74, 6) is -13.3. The van der Waals surface area contributed by atoms with Crippen LogP contribution in [0.15, 0.2) is 48.5 Å². The van der Waals surface area contributed by atoms with Gasteiger partial charge in [0.25, 0.3) is 0 Å². The summed E-state index contributed by atoms with van der Waals surface area (Å²) in [7, 11) is 0. The summed E-state index contributed by atoms with van der Waals surface area (Å²) < 4.78 is 0. The third-order valence-corrected chi connectivity index (χ3v) is 11.7. The number of aromatic hydroxyl groups is 2. The Morgan fingerprint density at radius 1 is 0.385 bits per heavy atom. The molecule has 0 heterocycles. The Bertz CT molecular complexity index is 2370. The predicted molar refractivity (Wildman–Crippen MR) is 269 cm³/mol. The van der Waals surface area contributed by atoms with Gasteiger partial charge in [-0.25, -0.2) is 4.79 Å². The molecule has 2 rings (SSSR count). The van der Waals surface area contributed by atoms with E-state index in [0.717, 1.165) is 27.7 Å². The zero-order valence-electron chi connectivity index (χ0n) is 43.4. The second kappa shape index (κ2) is 31.6. The lowest BCUT2D eigenvalue weighted by molar-refractivity contribution is -0.143. The molecule has 0 saturated heterocycles. The molecule has 0 aliphatic heterocycles. The van der Waals surface area contributed by atoms with Crippen molar-refractivity contribution in [1.29, 1.82) is 0 Å². The molecule has 0 aromatic heterocycles. The number of hydrogen-bond donors (Lipinski definition) is 20. The summed E-state index contributed by atoms with van der Waals surface area (Å²) in [5, 5.41) is 121. The molecule has 30 heteroatoms. The van der Waals surface area contributed by atoms with Gasteiger partial charge in [0, 0.05) is 12.8 Å². The fraction of sp³-hybridized carbons (Fsp3) is 0.542. The van der Waals surface area contributed by atoms with E-state index in [1.807, 2.05) is 0 Å². The van der Waals surface area contributed by atoms with Gasteiger partial charge in [-0.3, -0.25) is 43.2 Å². The van der Waals surface area contributed by atoms with Crippen LogP contribution in [0.4, 0.5) is 0 Å². The number of hydrogen-bond acceptors (Lipinski definition) is 20. The van der Waals surface area contributed by atoms with E-state index in [1.54, 1.807) is 0 Å². The Kier molecular flexibility index (Phi) is 26.9. The number of carboxylic acid groups (broad SMARTS) is 1. The molecule has 0 unspecified atom stereocenters. The topological polar surface area (TPSA) is 507 Å². The number of benzene rings is 2. The number of carboxylic acids is 1. The Labute approximate surface area is 446 Å². The lowest BCUT2D eigenvalue weighted by atomic mass is 10.0. The maximum Gasteiger partial charge on any atom is 0.326 e. The van der Waals surface area contributed by atoms with Crippen LogP contribution in [0.1, 0.15) is 52.7 Å². The molecule has 0 spiro atoms. The van der Waals surface area contributed by atoms with Gasteiger partial charge in [-0.2, -0.15) is 0 Å². The van der Waals surface area contributed by atoms with Crippen molar-refractivity contribution in [3.8, 4) is 11.5 Å². The number of aliphatic hydroxyl groups excluding tert-OH is 7. The number of amides is 9. The van der Waals surface area contributed by atoms with E-state index < -0.39 is 170 Å². The molecule has 0 saturated carbocycles. The molecule has 0 fully saturated rings. The molecule has 2 aromatic rings. The first-order chi connectivity index (χ1) is 36.4. The van der Waals surface area contributed by atoms with Gasteiger partial charge < -0.3 is 105 Å². The number of aliphatic hydroxyl groups is 7. The Morgan fingerprint density at radius 2 is 0.641 bits per heavy atom. The average Bonchev–Trinajstić information content (AvgIpc) is 3.37. The van der Waals surface area contributed by atoms with Crippen molar-refractivity contribution < 1.29 is 99.0 Å². The van der Waals surface area contributed by atoms with Crippen molar-refractivity contribution >= 4 is 59.1 Å². The highest BCUT2D eigenvalue weighted by molar-refractivity contribution is 5.99. The quantitative estimate of drug-likeness (QED) is 0.0333. The third kappa shape index (κ3) is 20.8. The fourth-order valence-corrected chi connectivity index (χ4v) is 7.08. The predicted octanol–water partition coefficient (Wildman–Crippen LogP) is -8.19. The first-order valence-electron chi connectivity index (χ1n) is 24.3. The van der Waals surface area contributed by atoms with Crippen molar-refractivity contribution in [2.45, 2.75) is 139 Å². The summed E-state index contributed by atoms with van der Waals surface area (Å²) in [5.41, 5.74) is 6.17. The number of carbonyl (C=O) groups is 10. The normalized spacial score (nSPS) is 16.7. The average molecular weight is 1110 g/mol. The standard InChI is InChI=1S/C48H72N10O20/c1-20(2)34(48(77)78)54-40(69)31(16-26-9-13-28(67)14-10-26)51-44(73)35(21(3)62)56-43(72)33(19-61)53-45(74)36(22(4)63)57-47(76)38(24(6)65)58-46(75)37(23(5)64)55-41(70)30(15-25-7-11-27(66)12-8-25)50-42(71)32(18-60)52-39(68)29(49)17-59/h7-14,20-24,29-38,59-67H,15-19,49H2,1-6H3,(H,50,71)(H,51,73)(H,52,68)(H,53,74)(H,54,69)(H,55,70)(H,56,72)(H,57,76)(H,58,75)(H,77,78)/t21-,22-,23-,24-,29+,30+,31+,32+,33+,34+,35+,36+,37+,38+/m1/s1. The summed E-state index contributed by atoms with van der Waals surface area (Å²) in [4.78, 5) is 133. The second-order valence-corrected chi connectivity index (χ2v) is 18.6. The van der Waals surface area contributed by atoms with Crippen molar-refractivity contribution in [3.05, 3.63) is 59.7 Å². The Morgan fingerprint density at radius 3 is 0.936 bits per heavy atom.